The molecule has 0 aliphatic rings. The fourth-order valence-corrected chi connectivity index (χ4v) is 8.73. The molecule has 0 saturated carbocycles. The van der Waals surface area contributed by atoms with Crippen LogP contribution >= 0.6 is 0 Å². The Morgan fingerprint density at radius 3 is 0.890 bits per heavy atom. The Hall–Kier alpha value is -3.44. The molecule has 0 aliphatic carbocycles. The van der Waals surface area contributed by atoms with Crippen LogP contribution in [0.5, 0.6) is 0 Å². The number of ether oxygens (including phenoxy) is 2. The summed E-state index contributed by atoms with van der Waals surface area (Å²) in [4.78, 5) is 24.6. The topological polar surface area (TPSA) is 72.8 Å². The van der Waals surface area contributed by atoms with Crippen molar-refractivity contribution in [1.29, 1.82) is 0 Å². The predicted octanol–water partition coefficient (Wildman–Crippen LogP) is 21.3. The van der Waals surface area contributed by atoms with E-state index in [9.17, 15) is 14.7 Å². The van der Waals surface area contributed by atoms with Crippen molar-refractivity contribution in [2.75, 3.05) is 13.2 Å². The molecular formula is C68H116O5. The van der Waals surface area contributed by atoms with Crippen molar-refractivity contribution in [2.24, 2.45) is 0 Å². The zero-order chi connectivity index (χ0) is 52.7. The van der Waals surface area contributed by atoms with Gasteiger partial charge < -0.3 is 14.6 Å². The highest BCUT2D eigenvalue weighted by Crippen LogP contribution is 2.17. The highest BCUT2D eigenvalue weighted by atomic mass is 16.6. The van der Waals surface area contributed by atoms with Gasteiger partial charge in [0, 0.05) is 12.8 Å². The van der Waals surface area contributed by atoms with Crippen LogP contribution in [0.1, 0.15) is 290 Å². The lowest BCUT2D eigenvalue weighted by molar-refractivity contribution is -0.161. The van der Waals surface area contributed by atoms with E-state index in [4.69, 9.17) is 9.47 Å². The molecule has 0 fully saturated rings. The van der Waals surface area contributed by atoms with Gasteiger partial charge in [0.1, 0.15) is 6.61 Å². The molecule has 0 radical (unpaired) electrons. The number of hydrogen-bond acceptors (Lipinski definition) is 5. The SMILES string of the molecule is CC/C=C\C/C=C\C/C=C\C/C=C\C/C=C\C/C=C\C/C=C\C/C=C\C/C=C\CCCCCCCCCC(=O)OC(CO)COC(=O)CCCCCCCCCCCCCCCCCCCCCCCCCC. The standard InChI is InChI=1S/C68H116O5/c1-3-5-7-9-11-13-15-17-19-21-23-25-27-29-30-31-32-33-34-35-36-37-38-39-41-43-45-47-49-51-53-55-57-59-61-63-68(71)73-66(64-69)65-72-67(70)62-60-58-56-54-52-50-48-46-44-42-40-28-26-24-22-20-18-16-14-12-10-8-6-4-2/h5,7,11,13,17,19,23,25,29-30,32-33,35-36,38-39,43,45,66,69H,3-4,6,8-10,12,14-16,18,20-22,24,26-28,31,34,37,40-42,44,46-65H2,1-2H3/b7-5-,13-11-,19-17-,25-23-,30-29-,33-32-,36-35-,39-38-,45-43-. The second-order valence-electron chi connectivity index (χ2n) is 20.4. The second-order valence-corrected chi connectivity index (χ2v) is 20.4. The average molecular weight is 1010 g/mol. The first-order valence-corrected chi connectivity index (χ1v) is 30.9. The van der Waals surface area contributed by atoms with Crippen LogP contribution in [0.2, 0.25) is 0 Å². The summed E-state index contributed by atoms with van der Waals surface area (Å²) in [5, 5.41) is 9.67. The summed E-state index contributed by atoms with van der Waals surface area (Å²) >= 11 is 0. The second kappa shape index (κ2) is 62.9. The minimum absolute atomic E-state index is 0.0726. The molecule has 0 aromatic heterocycles. The van der Waals surface area contributed by atoms with E-state index in [2.05, 4.69) is 123 Å². The molecule has 0 bridgehead atoms. The van der Waals surface area contributed by atoms with Crippen LogP contribution in [0, 0.1) is 0 Å². The van der Waals surface area contributed by atoms with Gasteiger partial charge in [-0.25, -0.2) is 0 Å². The Morgan fingerprint density at radius 1 is 0.329 bits per heavy atom. The fraction of sp³-hybridized carbons (Fsp3) is 0.706. The molecule has 0 aromatic carbocycles. The molecule has 0 aliphatic heterocycles. The largest absolute Gasteiger partial charge is 0.462 e. The minimum Gasteiger partial charge on any atom is -0.462 e. The Kier molecular flexibility index (Phi) is 59.9. The summed E-state index contributed by atoms with van der Waals surface area (Å²) in [6.45, 7) is 4.05. The van der Waals surface area contributed by atoms with Gasteiger partial charge in [0.05, 0.1) is 6.61 Å². The van der Waals surface area contributed by atoms with Gasteiger partial charge in [-0.15, -0.1) is 0 Å². The van der Waals surface area contributed by atoms with E-state index in [1.54, 1.807) is 0 Å². The normalized spacial score (nSPS) is 13.0. The lowest BCUT2D eigenvalue weighted by atomic mass is 10.0. The van der Waals surface area contributed by atoms with Gasteiger partial charge in [0.15, 0.2) is 6.10 Å². The molecule has 0 rings (SSSR count). The minimum atomic E-state index is -0.784. The average Bonchev–Trinajstić information content (AvgIpc) is 3.39. The molecule has 0 saturated heterocycles. The van der Waals surface area contributed by atoms with Crippen LogP contribution in [0.3, 0.4) is 0 Å². The Morgan fingerprint density at radius 2 is 0.589 bits per heavy atom. The van der Waals surface area contributed by atoms with E-state index in [1.165, 1.54) is 161 Å². The van der Waals surface area contributed by atoms with E-state index in [1.807, 2.05) is 0 Å². The van der Waals surface area contributed by atoms with Gasteiger partial charge in [-0.05, 0) is 83.5 Å². The van der Waals surface area contributed by atoms with Crippen molar-refractivity contribution in [1.82, 2.24) is 0 Å². The van der Waals surface area contributed by atoms with Crippen molar-refractivity contribution >= 4 is 11.9 Å². The number of carbonyl (C=O) groups excluding carboxylic acids is 2. The number of unbranched alkanes of at least 4 members (excludes halogenated alkanes) is 30. The van der Waals surface area contributed by atoms with Crippen LogP contribution in [0.4, 0.5) is 0 Å². The van der Waals surface area contributed by atoms with Crippen molar-refractivity contribution < 1.29 is 24.2 Å². The number of hydrogen-bond donors (Lipinski definition) is 1. The predicted molar refractivity (Wildman–Crippen MR) is 320 cm³/mol. The van der Waals surface area contributed by atoms with E-state index >= 15 is 0 Å². The molecule has 1 unspecified atom stereocenters. The number of carbonyl (C=O) groups is 2. The fourth-order valence-electron chi connectivity index (χ4n) is 8.73. The van der Waals surface area contributed by atoms with E-state index in [0.29, 0.717) is 12.8 Å². The molecule has 0 spiro atoms. The molecule has 1 atom stereocenters. The highest BCUT2D eigenvalue weighted by Gasteiger charge is 2.16. The van der Waals surface area contributed by atoms with Crippen molar-refractivity contribution in [3.8, 4) is 0 Å². The first-order valence-electron chi connectivity index (χ1n) is 30.9. The summed E-state index contributed by atoms with van der Waals surface area (Å²) in [6.07, 6.45) is 90.7. The molecule has 73 heavy (non-hydrogen) atoms. The molecular weight excluding hydrogens is 897 g/mol. The number of rotatable bonds is 56. The zero-order valence-corrected chi connectivity index (χ0v) is 47.9. The Labute approximate surface area is 452 Å². The lowest BCUT2D eigenvalue weighted by Gasteiger charge is -2.15. The van der Waals surface area contributed by atoms with Crippen molar-refractivity contribution in [2.45, 2.75) is 296 Å². The van der Waals surface area contributed by atoms with Crippen LogP contribution in [-0.4, -0.2) is 36.4 Å². The maximum absolute atomic E-state index is 12.3. The van der Waals surface area contributed by atoms with Gasteiger partial charge in [-0.2, -0.15) is 0 Å². The third-order valence-corrected chi connectivity index (χ3v) is 13.3. The zero-order valence-electron chi connectivity index (χ0n) is 47.9. The van der Waals surface area contributed by atoms with Crippen LogP contribution in [-0.2, 0) is 19.1 Å². The van der Waals surface area contributed by atoms with Gasteiger partial charge in [-0.1, -0.05) is 303 Å². The quantitative estimate of drug-likeness (QED) is 0.0373. The molecule has 0 heterocycles. The smallest absolute Gasteiger partial charge is 0.306 e. The van der Waals surface area contributed by atoms with Crippen molar-refractivity contribution in [3.63, 3.8) is 0 Å². The van der Waals surface area contributed by atoms with Gasteiger partial charge in [0.2, 0.25) is 0 Å². The molecule has 0 aromatic rings. The number of aliphatic hydroxyl groups is 1. The third-order valence-electron chi connectivity index (χ3n) is 13.3. The Balaban J connectivity index is 3.55. The number of allylic oxidation sites excluding steroid dienone is 18. The third kappa shape index (κ3) is 61.0. The first kappa shape index (κ1) is 69.6. The van der Waals surface area contributed by atoms with Gasteiger partial charge in [-0.3, -0.25) is 9.59 Å². The number of aliphatic hydroxyl groups excluding tert-OH is 1. The molecule has 1 N–H and O–H groups in total. The van der Waals surface area contributed by atoms with Gasteiger partial charge >= 0.3 is 11.9 Å². The number of esters is 2. The van der Waals surface area contributed by atoms with Gasteiger partial charge in [0.25, 0.3) is 0 Å². The van der Waals surface area contributed by atoms with E-state index in [-0.39, 0.29) is 25.2 Å². The summed E-state index contributed by atoms with van der Waals surface area (Å²) in [5.41, 5.74) is 0. The Bertz CT molecular complexity index is 1420. The summed E-state index contributed by atoms with van der Waals surface area (Å²) in [7, 11) is 0. The summed E-state index contributed by atoms with van der Waals surface area (Å²) in [5.74, 6) is -0.598. The molecule has 418 valence electrons. The summed E-state index contributed by atoms with van der Waals surface area (Å²) < 4.78 is 10.7. The first-order chi connectivity index (χ1) is 36.1. The van der Waals surface area contributed by atoms with Crippen LogP contribution in [0.25, 0.3) is 0 Å². The lowest BCUT2D eigenvalue weighted by Crippen LogP contribution is -2.28. The van der Waals surface area contributed by atoms with Crippen LogP contribution < -0.4 is 0 Å². The monoisotopic (exact) mass is 1010 g/mol. The highest BCUT2D eigenvalue weighted by molar-refractivity contribution is 5.70. The van der Waals surface area contributed by atoms with E-state index in [0.717, 1.165) is 103 Å². The molecule has 5 heteroatoms. The van der Waals surface area contributed by atoms with Crippen molar-refractivity contribution in [3.05, 3.63) is 109 Å². The maximum atomic E-state index is 12.3. The molecule has 0 amide bonds. The molecule has 5 nitrogen and oxygen atoms in total. The van der Waals surface area contributed by atoms with E-state index < -0.39 is 6.10 Å². The maximum Gasteiger partial charge on any atom is 0.306 e. The van der Waals surface area contributed by atoms with Crippen LogP contribution in [0.15, 0.2) is 109 Å². The summed E-state index contributed by atoms with van der Waals surface area (Å²) in [6, 6.07) is 0.